The Morgan fingerprint density at radius 2 is 2.05 bits per heavy atom. The number of aliphatic carboxylic acids is 1. The van der Waals surface area contributed by atoms with Crippen molar-refractivity contribution in [2.24, 2.45) is 0 Å². The summed E-state index contributed by atoms with van der Waals surface area (Å²) in [6, 6.07) is 14.7. The van der Waals surface area contributed by atoms with E-state index in [1.807, 2.05) is 30.3 Å². The van der Waals surface area contributed by atoms with Crippen LogP contribution in [0.3, 0.4) is 0 Å². The Morgan fingerprint density at radius 1 is 1.27 bits per heavy atom. The van der Waals surface area contributed by atoms with E-state index in [0.717, 1.165) is 5.56 Å². The van der Waals surface area contributed by atoms with E-state index in [1.165, 1.54) is 0 Å². The van der Waals surface area contributed by atoms with E-state index < -0.39 is 12.1 Å². The van der Waals surface area contributed by atoms with Crippen LogP contribution in [0.15, 0.2) is 52.9 Å². The minimum atomic E-state index is -0.979. The fourth-order valence-corrected chi connectivity index (χ4v) is 2.16. The van der Waals surface area contributed by atoms with Crippen molar-refractivity contribution in [3.05, 3.63) is 48.5 Å². The molecule has 1 aromatic heterocycles. The lowest BCUT2D eigenvalue weighted by Crippen LogP contribution is -2.25. The van der Waals surface area contributed by atoms with Crippen molar-refractivity contribution in [2.45, 2.75) is 19.4 Å². The molecule has 1 atom stereocenters. The van der Waals surface area contributed by atoms with Crippen LogP contribution in [0.25, 0.3) is 22.6 Å². The van der Waals surface area contributed by atoms with E-state index in [9.17, 15) is 4.79 Å². The van der Waals surface area contributed by atoms with Crippen LogP contribution in [0.2, 0.25) is 0 Å². The van der Waals surface area contributed by atoms with Gasteiger partial charge in [0.05, 0.1) is 0 Å². The van der Waals surface area contributed by atoms with Gasteiger partial charge in [-0.15, -0.1) is 0 Å². The van der Waals surface area contributed by atoms with E-state index in [-0.39, 0.29) is 0 Å². The Labute approximate surface area is 127 Å². The first-order valence-electron chi connectivity index (χ1n) is 7.03. The summed E-state index contributed by atoms with van der Waals surface area (Å²) in [5.41, 5.74) is 2.16. The number of oxazole rings is 1. The summed E-state index contributed by atoms with van der Waals surface area (Å²) in [4.78, 5) is 15.5. The molecule has 1 unspecified atom stereocenters. The van der Waals surface area contributed by atoms with Crippen molar-refractivity contribution in [3.8, 4) is 17.2 Å². The topological polar surface area (TPSA) is 72.6 Å². The molecule has 0 aliphatic rings. The lowest BCUT2D eigenvalue weighted by Gasteiger charge is -2.12. The highest BCUT2D eigenvalue weighted by atomic mass is 16.5. The molecule has 5 nitrogen and oxygen atoms in total. The Morgan fingerprint density at radius 3 is 2.73 bits per heavy atom. The van der Waals surface area contributed by atoms with Crippen LogP contribution < -0.4 is 4.74 Å². The van der Waals surface area contributed by atoms with Crippen molar-refractivity contribution in [2.75, 3.05) is 0 Å². The van der Waals surface area contributed by atoms with Crippen molar-refractivity contribution in [3.63, 3.8) is 0 Å². The molecule has 0 saturated carbocycles. The number of fused-ring (bicyclic) bond motifs is 1. The summed E-state index contributed by atoms with van der Waals surface area (Å²) >= 11 is 0. The van der Waals surface area contributed by atoms with Crippen LogP contribution in [-0.4, -0.2) is 22.2 Å². The van der Waals surface area contributed by atoms with Crippen LogP contribution in [0.1, 0.15) is 13.3 Å². The number of hydrogen-bond acceptors (Lipinski definition) is 4. The zero-order valence-electron chi connectivity index (χ0n) is 12.0. The van der Waals surface area contributed by atoms with Gasteiger partial charge in [0, 0.05) is 11.6 Å². The molecule has 22 heavy (non-hydrogen) atoms. The van der Waals surface area contributed by atoms with Crippen LogP contribution in [0.4, 0.5) is 0 Å². The lowest BCUT2D eigenvalue weighted by molar-refractivity contribution is -0.145. The Hall–Kier alpha value is -2.82. The molecule has 3 aromatic rings. The predicted octanol–water partition coefficient (Wildman–Crippen LogP) is 3.74. The van der Waals surface area contributed by atoms with Gasteiger partial charge in [0.2, 0.25) is 5.89 Å². The van der Waals surface area contributed by atoms with Crippen LogP contribution >= 0.6 is 0 Å². The average Bonchev–Trinajstić information content (AvgIpc) is 2.96. The fraction of sp³-hybridized carbons (Fsp3) is 0.176. The predicted molar refractivity (Wildman–Crippen MR) is 81.8 cm³/mol. The maximum Gasteiger partial charge on any atom is 0.344 e. The van der Waals surface area contributed by atoms with Gasteiger partial charge in [0.15, 0.2) is 11.7 Å². The smallest absolute Gasteiger partial charge is 0.344 e. The highest BCUT2D eigenvalue weighted by Gasteiger charge is 2.17. The minimum Gasteiger partial charge on any atom is -0.479 e. The molecule has 112 valence electrons. The van der Waals surface area contributed by atoms with Gasteiger partial charge in [-0.1, -0.05) is 25.1 Å². The molecule has 0 amide bonds. The van der Waals surface area contributed by atoms with Crippen LogP contribution in [0.5, 0.6) is 5.75 Å². The van der Waals surface area contributed by atoms with E-state index in [1.54, 1.807) is 25.1 Å². The number of carbonyl (C=O) groups is 1. The molecular formula is C17H15NO4. The summed E-state index contributed by atoms with van der Waals surface area (Å²) in [5, 5.41) is 9.04. The second-order valence-corrected chi connectivity index (χ2v) is 4.87. The molecule has 1 N–H and O–H groups in total. The first-order valence-corrected chi connectivity index (χ1v) is 7.03. The maximum absolute atomic E-state index is 11.0. The SMILES string of the molecule is CCC(Oc1ccc2oc(-c3ccccc3)nc2c1)C(=O)O. The van der Waals surface area contributed by atoms with Crippen molar-refractivity contribution < 1.29 is 19.1 Å². The standard InChI is InChI=1S/C17H15NO4/c1-2-14(17(19)20)21-12-8-9-15-13(10-12)18-16(22-15)11-6-4-3-5-7-11/h3-10,14H,2H2,1H3,(H,19,20). The second kappa shape index (κ2) is 5.89. The normalized spacial score (nSPS) is 12.2. The molecule has 1 heterocycles. The third-order valence-electron chi connectivity index (χ3n) is 3.30. The highest BCUT2D eigenvalue weighted by Crippen LogP contribution is 2.27. The number of benzene rings is 2. The van der Waals surface area contributed by atoms with Gasteiger partial charge < -0.3 is 14.3 Å². The molecule has 0 aliphatic carbocycles. The largest absolute Gasteiger partial charge is 0.479 e. The van der Waals surface area contributed by atoms with Crippen molar-refractivity contribution in [1.82, 2.24) is 4.98 Å². The Kier molecular flexibility index (Phi) is 3.78. The number of carboxylic acid groups (broad SMARTS) is 1. The van der Waals surface area contributed by atoms with Gasteiger partial charge in [0.1, 0.15) is 11.3 Å². The molecule has 0 spiro atoms. The molecule has 5 heteroatoms. The Bertz CT molecular complexity index is 795. The Balaban J connectivity index is 1.92. The highest BCUT2D eigenvalue weighted by molar-refractivity contribution is 5.78. The molecular weight excluding hydrogens is 282 g/mol. The van der Waals surface area contributed by atoms with Crippen LogP contribution in [0, 0.1) is 0 Å². The molecule has 0 bridgehead atoms. The molecule has 3 rings (SSSR count). The molecule has 0 aliphatic heterocycles. The van der Waals surface area contributed by atoms with E-state index in [0.29, 0.717) is 29.2 Å². The van der Waals surface area contributed by atoms with Gasteiger partial charge in [-0.3, -0.25) is 0 Å². The summed E-state index contributed by atoms with van der Waals surface area (Å²) in [5.74, 6) is 0.0143. The molecule has 0 fully saturated rings. The van der Waals surface area contributed by atoms with E-state index >= 15 is 0 Å². The average molecular weight is 297 g/mol. The van der Waals surface area contributed by atoms with E-state index in [2.05, 4.69) is 4.98 Å². The quantitative estimate of drug-likeness (QED) is 0.776. The summed E-state index contributed by atoms with van der Waals surface area (Å²) < 4.78 is 11.2. The number of hydrogen-bond donors (Lipinski definition) is 1. The van der Waals surface area contributed by atoms with Gasteiger partial charge >= 0.3 is 5.97 Å². The number of nitrogens with zero attached hydrogens (tertiary/aromatic N) is 1. The number of carboxylic acids is 1. The minimum absolute atomic E-state index is 0.390. The lowest BCUT2D eigenvalue weighted by atomic mass is 10.2. The van der Waals surface area contributed by atoms with Crippen LogP contribution in [-0.2, 0) is 4.79 Å². The third-order valence-corrected chi connectivity index (χ3v) is 3.30. The van der Waals surface area contributed by atoms with Gasteiger partial charge in [-0.25, -0.2) is 9.78 Å². The third kappa shape index (κ3) is 2.79. The van der Waals surface area contributed by atoms with E-state index in [4.69, 9.17) is 14.3 Å². The van der Waals surface area contributed by atoms with Crippen molar-refractivity contribution in [1.29, 1.82) is 0 Å². The summed E-state index contributed by atoms with van der Waals surface area (Å²) in [7, 11) is 0. The first kappa shape index (κ1) is 14.1. The zero-order chi connectivity index (χ0) is 15.5. The maximum atomic E-state index is 11.0. The van der Waals surface area contributed by atoms with Gasteiger partial charge in [-0.2, -0.15) is 0 Å². The zero-order valence-corrected chi connectivity index (χ0v) is 12.0. The first-order chi connectivity index (χ1) is 10.7. The molecule has 0 radical (unpaired) electrons. The molecule has 2 aromatic carbocycles. The van der Waals surface area contributed by atoms with Gasteiger partial charge in [0.25, 0.3) is 0 Å². The summed E-state index contributed by atoms with van der Waals surface area (Å²) in [6.45, 7) is 1.76. The number of rotatable bonds is 5. The fourth-order valence-electron chi connectivity index (χ4n) is 2.16. The van der Waals surface area contributed by atoms with Crippen molar-refractivity contribution >= 4 is 17.1 Å². The van der Waals surface area contributed by atoms with Gasteiger partial charge in [-0.05, 0) is 30.7 Å². The second-order valence-electron chi connectivity index (χ2n) is 4.87. The molecule has 0 saturated heterocycles. The number of aromatic nitrogens is 1. The monoisotopic (exact) mass is 297 g/mol. The number of ether oxygens (including phenoxy) is 1. The summed E-state index contributed by atoms with van der Waals surface area (Å²) in [6.07, 6.45) is -0.473.